The lowest BCUT2D eigenvalue weighted by atomic mass is 10.1. The van der Waals surface area contributed by atoms with Crippen LogP contribution < -0.4 is 0 Å². The molecule has 2 heterocycles. The van der Waals surface area contributed by atoms with Crippen molar-refractivity contribution in [2.75, 3.05) is 0 Å². The molecule has 2 rings (SSSR count). The molecule has 0 aliphatic carbocycles. The van der Waals surface area contributed by atoms with Gasteiger partial charge in [-0.3, -0.25) is 14.5 Å². The Morgan fingerprint density at radius 2 is 2.12 bits per heavy atom. The van der Waals surface area contributed by atoms with Crippen molar-refractivity contribution in [1.29, 1.82) is 0 Å². The molecule has 0 saturated carbocycles. The normalized spacial score (nSPS) is 10.4. The van der Waals surface area contributed by atoms with Crippen LogP contribution in [0.5, 0.6) is 0 Å². The van der Waals surface area contributed by atoms with E-state index in [4.69, 9.17) is 11.6 Å². The van der Waals surface area contributed by atoms with E-state index >= 15 is 0 Å². The second-order valence-corrected chi connectivity index (χ2v) is 3.95. The fourth-order valence-corrected chi connectivity index (χ4v) is 1.73. The largest absolute Gasteiger partial charge is 0.287 e. The first kappa shape index (κ1) is 10.8. The van der Waals surface area contributed by atoms with Crippen LogP contribution in [0.2, 0.25) is 5.02 Å². The van der Waals surface area contributed by atoms with E-state index in [1.54, 1.807) is 19.3 Å². The van der Waals surface area contributed by atoms with E-state index in [1.807, 2.05) is 6.92 Å². The van der Waals surface area contributed by atoms with E-state index in [2.05, 4.69) is 10.1 Å². The van der Waals surface area contributed by atoms with Gasteiger partial charge >= 0.3 is 0 Å². The van der Waals surface area contributed by atoms with Crippen LogP contribution in [0, 0.1) is 6.92 Å². The maximum absolute atomic E-state index is 12.1. The van der Waals surface area contributed by atoms with Crippen LogP contribution in [0.3, 0.4) is 0 Å². The number of aryl methyl sites for hydroxylation is 2. The van der Waals surface area contributed by atoms with Gasteiger partial charge in [0.1, 0.15) is 5.69 Å². The highest BCUT2D eigenvalue weighted by molar-refractivity contribution is 6.34. The minimum absolute atomic E-state index is 0.166. The standard InChI is InChI=1S/C11H10ClN3O/c1-7-3-8(5-13-4-7)11(16)10-9(12)6-14-15(10)2/h3-6H,1-2H3. The summed E-state index contributed by atoms with van der Waals surface area (Å²) in [4.78, 5) is 16.1. The Balaban J connectivity index is 2.47. The van der Waals surface area contributed by atoms with Crippen LogP contribution in [-0.4, -0.2) is 20.5 Å². The second-order valence-electron chi connectivity index (χ2n) is 3.54. The summed E-state index contributed by atoms with van der Waals surface area (Å²) in [5, 5.41) is 4.28. The first-order valence-electron chi connectivity index (χ1n) is 4.73. The molecule has 0 bridgehead atoms. The number of hydrogen-bond acceptors (Lipinski definition) is 3. The lowest BCUT2D eigenvalue weighted by Gasteiger charge is -2.02. The zero-order valence-corrected chi connectivity index (χ0v) is 9.69. The Morgan fingerprint density at radius 1 is 1.38 bits per heavy atom. The van der Waals surface area contributed by atoms with Crippen LogP contribution in [0.1, 0.15) is 21.6 Å². The van der Waals surface area contributed by atoms with Gasteiger partial charge in [0.25, 0.3) is 0 Å². The van der Waals surface area contributed by atoms with Gasteiger partial charge in [-0.05, 0) is 18.6 Å². The predicted molar refractivity (Wildman–Crippen MR) is 60.6 cm³/mol. The Kier molecular flexibility index (Phi) is 2.75. The molecular weight excluding hydrogens is 226 g/mol. The molecule has 0 radical (unpaired) electrons. The third kappa shape index (κ3) is 1.84. The highest BCUT2D eigenvalue weighted by atomic mass is 35.5. The Morgan fingerprint density at radius 3 is 2.69 bits per heavy atom. The average molecular weight is 236 g/mol. The van der Waals surface area contributed by atoms with Crippen molar-refractivity contribution < 1.29 is 4.79 Å². The Bertz CT molecular complexity index is 528. The maximum atomic E-state index is 12.1. The molecule has 0 aromatic carbocycles. The summed E-state index contributed by atoms with van der Waals surface area (Å²) in [5.41, 5.74) is 1.84. The van der Waals surface area contributed by atoms with E-state index in [-0.39, 0.29) is 5.78 Å². The molecule has 0 N–H and O–H groups in total. The van der Waals surface area contributed by atoms with Crippen molar-refractivity contribution in [2.24, 2.45) is 7.05 Å². The SMILES string of the molecule is Cc1cncc(C(=O)c2c(Cl)cnn2C)c1. The fourth-order valence-electron chi connectivity index (χ4n) is 1.48. The summed E-state index contributed by atoms with van der Waals surface area (Å²) in [6.45, 7) is 1.88. The van der Waals surface area contributed by atoms with E-state index in [1.165, 1.54) is 17.1 Å². The molecule has 0 fully saturated rings. The van der Waals surface area contributed by atoms with Crippen LogP contribution in [-0.2, 0) is 7.05 Å². The smallest absolute Gasteiger partial charge is 0.214 e. The molecule has 0 unspecified atom stereocenters. The van der Waals surface area contributed by atoms with E-state index in [9.17, 15) is 4.79 Å². The lowest BCUT2D eigenvalue weighted by Crippen LogP contribution is -2.09. The molecule has 0 aliphatic rings. The number of ketones is 1. The van der Waals surface area contributed by atoms with E-state index in [0.717, 1.165) is 5.56 Å². The first-order chi connectivity index (χ1) is 7.59. The van der Waals surface area contributed by atoms with Crippen LogP contribution in [0.4, 0.5) is 0 Å². The molecule has 5 heteroatoms. The summed E-state index contributed by atoms with van der Waals surface area (Å²) in [6, 6.07) is 1.78. The number of rotatable bonds is 2. The van der Waals surface area contributed by atoms with E-state index < -0.39 is 0 Å². The maximum Gasteiger partial charge on any atom is 0.214 e. The van der Waals surface area contributed by atoms with Gasteiger partial charge in [-0.15, -0.1) is 0 Å². The fraction of sp³-hybridized carbons (Fsp3) is 0.182. The molecular formula is C11H10ClN3O. The topological polar surface area (TPSA) is 47.8 Å². The predicted octanol–water partition coefficient (Wildman–Crippen LogP) is 2.01. The Hall–Kier alpha value is -1.68. The number of carbonyl (C=O) groups excluding carboxylic acids is 1. The summed E-state index contributed by atoms with van der Waals surface area (Å²) in [6.07, 6.45) is 4.68. The van der Waals surface area contributed by atoms with Crippen LogP contribution in [0.15, 0.2) is 24.7 Å². The highest BCUT2D eigenvalue weighted by Crippen LogP contribution is 2.18. The zero-order chi connectivity index (χ0) is 11.7. The molecule has 0 amide bonds. The van der Waals surface area contributed by atoms with E-state index in [0.29, 0.717) is 16.3 Å². The number of pyridine rings is 1. The molecule has 0 spiro atoms. The first-order valence-corrected chi connectivity index (χ1v) is 5.11. The molecule has 4 nitrogen and oxygen atoms in total. The number of carbonyl (C=O) groups is 1. The molecule has 82 valence electrons. The van der Waals surface area contributed by atoms with Crippen molar-refractivity contribution in [3.63, 3.8) is 0 Å². The third-order valence-corrected chi connectivity index (χ3v) is 2.52. The van der Waals surface area contributed by atoms with Crippen molar-refractivity contribution in [3.05, 3.63) is 46.5 Å². The van der Waals surface area contributed by atoms with Crippen LogP contribution in [0.25, 0.3) is 0 Å². The summed E-state index contributed by atoms with van der Waals surface area (Å²) in [5.74, 6) is -0.166. The summed E-state index contributed by atoms with van der Waals surface area (Å²) < 4.78 is 1.47. The van der Waals surface area contributed by atoms with Gasteiger partial charge < -0.3 is 0 Å². The number of nitrogens with zero attached hydrogens (tertiary/aromatic N) is 3. The van der Waals surface area contributed by atoms with Crippen LogP contribution >= 0.6 is 11.6 Å². The second kappa shape index (κ2) is 4.06. The average Bonchev–Trinajstić information content (AvgIpc) is 2.58. The third-order valence-electron chi connectivity index (χ3n) is 2.25. The summed E-state index contributed by atoms with van der Waals surface area (Å²) >= 11 is 5.91. The Labute approximate surface area is 97.9 Å². The van der Waals surface area contributed by atoms with Gasteiger partial charge in [-0.1, -0.05) is 11.6 Å². The zero-order valence-electron chi connectivity index (χ0n) is 8.94. The molecule has 0 saturated heterocycles. The van der Waals surface area contributed by atoms with Gasteiger partial charge in [-0.2, -0.15) is 5.10 Å². The van der Waals surface area contributed by atoms with Crippen molar-refractivity contribution >= 4 is 17.4 Å². The molecule has 2 aromatic heterocycles. The highest BCUT2D eigenvalue weighted by Gasteiger charge is 2.17. The molecule has 16 heavy (non-hydrogen) atoms. The lowest BCUT2D eigenvalue weighted by molar-refractivity contribution is 0.103. The van der Waals surface area contributed by atoms with Gasteiger partial charge in [0.05, 0.1) is 11.2 Å². The van der Waals surface area contributed by atoms with Crippen molar-refractivity contribution in [1.82, 2.24) is 14.8 Å². The monoisotopic (exact) mass is 235 g/mol. The molecule has 0 atom stereocenters. The van der Waals surface area contributed by atoms with Gasteiger partial charge in [-0.25, -0.2) is 0 Å². The molecule has 2 aromatic rings. The summed E-state index contributed by atoms with van der Waals surface area (Å²) in [7, 11) is 1.68. The molecule has 0 aliphatic heterocycles. The van der Waals surface area contributed by atoms with Gasteiger partial charge in [0, 0.05) is 25.0 Å². The number of halogens is 1. The van der Waals surface area contributed by atoms with Crippen molar-refractivity contribution in [2.45, 2.75) is 6.92 Å². The number of aromatic nitrogens is 3. The van der Waals surface area contributed by atoms with Gasteiger partial charge in [0.2, 0.25) is 5.78 Å². The van der Waals surface area contributed by atoms with Gasteiger partial charge in [0.15, 0.2) is 0 Å². The number of hydrogen-bond donors (Lipinski definition) is 0. The minimum Gasteiger partial charge on any atom is -0.287 e. The van der Waals surface area contributed by atoms with Crippen molar-refractivity contribution in [3.8, 4) is 0 Å². The minimum atomic E-state index is -0.166. The quantitative estimate of drug-likeness (QED) is 0.748.